The number of methoxy groups -OCH3 is 2. The number of benzene rings is 2. The van der Waals surface area contributed by atoms with E-state index in [0.717, 1.165) is 35.1 Å². The Morgan fingerprint density at radius 2 is 1.13 bits per heavy atom. The Kier molecular flexibility index (Phi) is 21.1. The highest BCUT2D eigenvalue weighted by Crippen LogP contribution is 2.48. The van der Waals surface area contributed by atoms with E-state index in [1.54, 1.807) is 60.3 Å². The number of nitrogens with zero attached hydrogens (tertiary/aromatic N) is 13. The van der Waals surface area contributed by atoms with Gasteiger partial charge in [0.1, 0.15) is 39.7 Å². The van der Waals surface area contributed by atoms with Gasteiger partial charge >= 0.3 is 18.0 Å². The smallest absolute Gasteiger partial charge is 0.325 e. The fraction of sp³-hybridized carbons (Fsp3) is 0.308. The maximum absolute atomic E-state index is 13.6. The normalized spacial score (nSPS) is 18.3. The summed E-state index contributed by atoms with van der Waals surface area (Å²) < 4.78 is 13.9. The monoisotopic (exact) mass is 1330 g/mol. The number of carboxylic acid groups (broad SMARTS) is 1. The molecule has 6 aromatic heterocycles. The fourth-order valence-electron chi connectivity index (χ4n) is 9.76. The molecule has 3 amide bonds. The second-order valence-corrected chi connectivity index (χ2v) is 20.6. The van der Waals surface area contributed by atoms with E-state index in [9.17, 15) is 28.8 Å². The van der Waals surface area contributed by atoms with Crippen molar-refractivity contribution in [1.29, 1.82) is 0 Å². The maximum Gasteiger partial charge on any atom is 0.325 e. The van der Waals surface area contributed by atoms with E-state index < -0.39 is 12.0 Å². The SMILES string of the molecule is COc1ncc(-c2ccc3c(c2)c(C(C)=O)nn3CC(=O)N2[C@@H]3C[C@@H]3C[C@H]2C(=O)Nc2cncc(Br)n2)cn1.COc1ncc(-c2ccc3c(c2)c(C(C)=O)nn3CC(=O)O)cn1.Cl.O=C(Nc1cncc(Br)n1)[C@@H]1C[C@H]2C[C@H]2N1.S.S=S. The summed E-state index contributed by atoms with van der Waals surface area (Å²) in [6.07, 6.45) is 16.2. The van der Waals surface area contributed by atoms with Gasteiger partial charge in [-0.2, -0.15) is 23.7 Å². The molecule has 12 rings (SSSR count). The lowest BCUT2D eigenvalue weighted by atomic mass is 10.0. The molecule has 4 fully saturated rings. The van der Waals surface area contributed by atoms with Crippen LogP contribution in [-0.4, -0.2) is 143 Å². The molecule has 0 unspecified atom stereocenters. The summed E-state index contributed by atoms with van der Waals surface area (Å²) in [5, 5.41) is 27.6. The first-order valence-corrected chi connectivity index (χ1v) is 27.7. The lowest BCUT2D eigenvalue weighted by molar-refractivity contribution is -0.138. The lowest BCUT2D eigenvalue weighted by Crippen LogP contribution is -2.46. The van der Waals surface area contributed by atoms with Crippen molar-refractivity contribution in [3.63, 3.8) is 0 Å². The van der Waals surface area contributed by atoms with Crippen LogP contribution in [0.25, 0.3) is 44.1 Å². The summed E-state index contributed by atoms with van der Waals surface area (Å²) in [4.78, 5) is 108. The fourth-order valence-corrected chi connectivity index (χ4v) is 10.4. The molecule has 83 heavy (non-hydrogen) atoms. The highest BCUT2D eigenvalue weighted by atomic mass is 79.9. The van der Waals surface area contributed by atoms with Crippen LogP contribution in [0.5, 0.6) is 12.0 Å². The first-order valence-electron chi connectivity index (χ1n) is 24.8. The quantitative estimate of drug-likeness (QED) is 0.0889. The van der Waals surface area contributed by atoms with Crippen LogP contribution < -0.4 is 25.4 Å². The van der Waals surface area contributed by atoms with Gasteiger partial charge in [0.25, 0.3) is 0 Å². The zero-order chi connectivity index (χ0) is 57.6. The number of anilines is 2. The largest absolute Gasteiger partial charge is 0.480 e. The molecule has 8 aromatic rings. The third-order valence-corrected chi connectivity index (χ3v) is 14.4. The number of halogens is 3. The van der Waals surface area contributed by atoms with Crippen molar-refractivity contribution in [2.24, 2.45) is 11.8 Å². The first kappa shape index (κ1) is 63.1. The molecule has 25 nitrogen and oxygen atoms in total. The molecular weight excluding hydrogens is 1280 g/mol. The van der Waals surface area contributed by atoms with Crippen LogP contribution in [-0.2, 0) is 54.6 Å². The topological polar surface area (TPSA) is 319 Å². The first-order chi connectivity index (χ1) is 39.0. The van der Waals surface area contributed by atoms with E-state index >= 15 is 0 Å². The molecule has 2 aliphatic carbocycles. The summed E-state index contributed by atoms with van der Waals surface area (Å²) in [5.74, 6) is -0.207. The minimum atomic E-state index is -1.03. The number of ether oxygens (including phenoxy) is 2. The van der Waals surface area contributed by atoms with Crippen molar-refractivity contribution in [2.75, 3.05) is 24.9 Å². The van der Waals surface area contributed by atoms with E-state index in [2.05, 4.69) is 120 Å². The van der Waals surface area contributed by atoms with Crippen LogP contribution in [0.3, 0.4) is 0 Å². The minimum Gasteiger partial charge on any atom is -0.480 e. The van der Waals surface area contributed by atoms with Gasteiger partial charge in [-0.15, -0.1) is 12.4 Å². The molecular formula is C52H51Br2ClN16O9S3. The second-order valence-electron chi connectivity index (χ2n) is 19.0. The van der Waals surface area contributed by atoms with Gasteiger partial charge in [-0.1, -0.05) is 12.1 Å². The number of carbonyl (C=O) groups excluding carboxylic acids is 5. The maximum atomic E-state index is 13.6. The van der Waals surface area contributed by atoms with Crippen molar-refractivity contribution in [1.82, 2.24) is 69.6 Å². The van der Waals surface area contributed by atoms with Gasteiger partial charge in [0.15, 0.2) is 23.2 Å². The van der Waals surface area contributed by atoms with Crippen LogP contribution in [0.4, 0.5) is 11.6 Å². The number of amides is 3. The number of ketones is 2. The molecule has 4 N–H and O–H groups in total. The van der Waals surface area contributed by atoms with Crippen molar-refractivity contribution in [2.45, 2.75) is 76.8 Å². The molecule has 6 atom stereocenters. The predicted molar refractivity (Wildman–Crippen MR) is 322 cm³/mol. The summed E-state index contributed by atoms with van der Waals surface area (Å²) >= 11 is 13.8. The van der Waals surface area contributed by atoms with Crippen molar-refractivity contribution in [3.8, 4) is 34.3 Å². The molecule has 4 aliphatic rings. The predicted octanol–water partition coefficient (Wildman–Crippen LogP) is 6.13. The zero-order valence-corrected chi connectivity index (χ0v) is 50.9. The number of fused-ring (bicyclic) bond motifs is 4. The van der Waals surface area contributed by atoms with Crippen molar-refractivity contribution >= 4 is 149 Å². The number of likely N-dealkylation sites (tertiary alicyclic amines) is 1. The standard InChI is InChI=1S/C26H23BrN8O4.C16H14N4O4.C10H11BrN4O.ClH.S2.H2S/c1-13(36)24-17-5-14(16-8-29-26(39-2)30-9-16)3-4-18(17)34(33-24)12-23(37)35-19-6-15(19)7-20(35)25(38)32-22-11-28-10-21(27)31-22;1-9(21)15-12-5-10(11-6-17-16(24-2)18-7-11)3-4-13(12)20(19-15)8-14(22)23;11-8-3-12-4-9(14-8)15-10(16)7-2-5-1-6(5)13-7;;1-2;/h3-5,8-11,15,19-20H,6-7,12H2,1-2H3,(H,31,32,38);3-7H,8H2,1-2H3,(H,22,23);3-7,13H,1-2H2,(H,14,15,16);1H;;1H2/t15-,19-,20+;;5-,6-,7+;;;/m1.1.../s1. The Morgan fingerprint density at radius 3 is 1.57 bits per heavy atom. The van der Waals surface area contributed by atoms with Gasteiger partial charge in [0.2, 0.25) is 17.7 Å². The number of Topliss-reactive ketones (excluding diaryl/α,β-unsaturated/α-hetero) is 2. The van der Waals surface area contributed by atoms with Crippen LogP contribution in [0.15, 0.2) is 95.2 Å². The number of aromatic nitrogens is 12. The Balaban J connectivity index is 0.000000192. The second kappa shape index (κ2) is 27.7. The molecule has 31 heteroatoms. The Morgan fingerprint density at radius 1 is 0.651 bits per heavy atom. The van der Waals surface area contributed by atoms with Crippen LogP contribution in [0, 0.1) is 11.8 Å². The van der Waals surface area contributed by atoms with E-state index in [0.29, 0.717) is 66.9 Å². The van der Waals surface area contributed by atoms with E-state index in [1.165, 1.54) is 56.2 Å². The third-order valence-electron chi connectivity index (χ3n) is 13.6. The molecule has 2 saturated heterocycles. The molecule has 2 saturated carbocycles. The number of piperidine rings is 2. The number of aliphatic carboxylic acids is 1. The average Bonchev–Trinajstić information content (AvgIpc) is 2.35. The lowest BCUT2D eigenvalue weighted by Gasteiger charge is -2.26. The van der Waals surface area contributed by atoms with E-state index in [-0.39, 0.29) is 104 Å². The Hall–Kier alpha value is -7.48. The molecule has 8 heterocycles. The highest BCUT2D eigenvalue weighted by molar-refractivity contribution is 9.10. The molecule has 0 radical (unpaired) electrons. The highest BCUT2D eigenvalue weighted by Gasteiger charge is 2.56. The van der Waals surface area contributed by atoms with Gasteiger partial charge < -0.3 is 35.4 Å². The van der Waals surface area contributed by atoms with Gasteiger partial charge in [-0.05, 0) is 105 Å². The van der Waals surface area contributed by atoms with E-state index in [4.69, 9.17) is 14.6 Å². The number of hydrogen-bond donors (Lipinski definition) is 4. The van der Waals surface area contributed by atoms with Gasteiger partial charge in [-0.25, -0.2) is 29.9 Å². The van der Waals surface area contributed by atoms with Gasteiger partial charge in [-0.3, -0.25) is 48.1 Å². The molecule has 0 bridgehead atoms. The summed E-state index contributed by atoms with van der Waals surface area (Å²) in [7, 11) is 2.98. The third kappa shape index (κ3) is 14.8. The van der Waals surface area contributed by atoms with Gasteiger partial charge in [0.05, 0.1) is 56.1 Å². The molecule has 2 aromatic carbocycles. The number of hydrogen-bond acceptors (Lipinski definition) is 21. The Bertz CT molecular complexity index is 3730. The Labute approximate surface area is 512 Å². The average molecular weight is 1340 g/mol. The zero-order valence-electron chi connectivity index (χ0n) is 44.3. The number of nitrogens with one attached hydrogen (secondary N) is 3. The van der Waals surface area contributed by atoms with E-state index in [1.807, 2.05) is 18.2 Å². The number of carbonyl (C=O) groups is 6. The van der Waals surface area contributed by atoms with Crippen molar-refractivity contribution < 1.29 is 43.3 Å². The van der Waals surface area contributed by atoms with Crippen LogP contribution in [0.1, 0.15) is 60.5 Å². The molecule has 2 aliphatic heterocycles. The summed E-state index contributed by atoms with van der Waals surface area (Å²) in [5.41, 5.74) is 4.82. The van der Waals surface area contributed by atoms with Gasteiger partial charge in [0, 0.05) is 95.0 Å². The van der Waals surface area contributed by atoms with Crippen LogP contribution in [0.2, 0.25) is 0 Å². The molecule has 0 spiro atoms. The summed E-state index contributed by atoms with van der Waals surface area (Å²) in [6.45, 7) is 2.43. The van der Waals surface area contributed by atoms with Crippen molar-refractivity contribution in [3.05, 3.63) is 107 Å². The summed E-state index contributed by atoms with van der Waals surface area (Å²) in [6, 6.07) is 11.3. The minimum absolute atomic E-state index is 0. The molecule has 432 valence electrons. The number of carboxylic acids is 1. The number of rotatable bonds is 14. The van der Waals surface area contributed by atoms with Crippen LogP contribution >= 0.6 is 57.8 Å².